The molecule has 0 heterocycles. The molecule has 0 aliphatic carbocycles. The third-order valence-corrected chi connectivity index (χ3v) is 1.91. The molecule has 0 unspecified atom stereocenters. The van der Waals surface area contributed by atoms with E-state index in [-0.39, 0.29) is 0 Å². The summed E-state index contributed by atoms with van der Waals surface area (Å²) in [6.07, 6.45) is -4.87. The molecule has 0 aliphatic heterocycles. The van der Waals surface area contributed by atoms with Gasteiger partial charge in [-0.1, -0.05) is 13.8 Å². The van der Waals surface area contributed by atoms with Gasteiger partial charge in [0, 0.05) is 6.07 Å². The van der Waals surface area contributed by atoms with Gasteiger partial charge < -0.3 is 4.74 Å². The molecule has 1 aromatic carbocycles. The number of benzene rings is 1. The van der Waals surface area contributed by atoms with E-state index in [2.05, 4.69) is 4.74 Å². The van der Waals surface area contributed by atoms with Gasteiger partial charge in [-0.25, -0.2) is 0 Å². The van der Waals surface area contributed by atoms with E-state index in [9.17, 15) is 23.3 Å². The van der Waals surface area contributed by atoms with E-state index in [4.69, 9.17) is 0 Å². The molecule has 0 atom stereocenters. The number of hydrogen-bond donors (Lipinski definition) is 0. The van der Waals surface area contributed by atoms with Gasteiger partial charge in [0.15, 0.2) is 0 Å². The van der Waals surface area contributed by atoms with Gasteiger partial charge >= 0.3 is 6.36 Å². The minimum absolute atomic E-state index is 0.332. The zero-order chi connectivity index (χ0) is 13.2. The highest BCUT2D eigenvalue weighted by molar-refractivity contribution is 5.47. The number of nitro groups is 1. The summed E-state index contributed by atoms with van der Waals surface area (Å²) in [7, 11) is 0. The maximum absolute atomic E-state index is 12.0. The summed E-state index contributed by atoms with van der Waals surface area (Å²) in [5.41, 5.74) is -0.110. The Labute approximate surface area is 95.2 Å². The summed E-state index contributed by atoms with van der Waals surface area (Å²) in [6.45, 7) is 3.27. The zero-order valence-electron chi connectivity index (χ0n) is 9.04. The molecule has 93 valence electrons. The topological polar surface area (TPSA) is 52.4 Å². The van der Waals surface area contributed by atoms with Crippen LogP contribution in [0.4, 0.5) is 18.9 Å². The Kier molecular flexibility index (Phi) is 3.59. The van der Waals surface area contributed by atoms with Gasteiger partial charge in [-0.2, -0.15) is 0 Å². The molecule has 0 aromatic heterocycles. The molecule has 1 aromatic rings. The standard InChI is InChI=1S/C10H9F3NO3/c1-6(2)7-3-8(14(15)16)5-9(4-7)17-10(11,12)13/h3-5H,1-2H3. The molecular weight excluding hydrogens is 239 g/mol. The van der Waals surface area contributed by atoms with E-state index in [1.54, 1.807) is 13.8 Å². The summed E-state index contributed by atoms with van der Waals surface area (Å²) in [6, 6.07) is 3.04. The molecular formula is C10H9F3NO3. The highest BCUT2D eigenvalue weighted by Crippen LogP contribution is 2.30. The van der Waals surface area contributed by atoms with Crippen LogP contribution >= 0.6 is 0 Å². The monoisotopic (exact) mass is 248 g/mol. The fourth-order valence-corrected chi connectivity index (χ4v) is 1.17. The number of nitro benzene ring substituents is 1. The van der Waals surface area contributed by atoms with Crippen LogP contribution in [-0.4, -0.2) is 11.3 Å². The van der Waals surface area contributed by atoms with Gasteiger partial charge in [0.05, 0.1) is 11.0 Å². The number of alkyl halides is 3. The minimum Gasteiger partial charge on any atom is -0.406 e. The normalized spacial score (nSPS) is 11.6. The molecule has 0 amide bonds. The fraction of sp³-hybridized carbons (Fsp3) is 0.300. The quantitative estimate of drug-likeness (QED) is 0.608. The third-order valence-electron chi connectivity index (χ3n) is 1.91. The van der Waals surface area contributed by atoms with Crippen molar-refractivity contribution in [3.63, 3.8) is 0 Å². The van der Waals surface area contributed by atoms with E-state index in [0.29, 0.717) is 11.5 Å². The molecule has 0 bridgehead atoms. The maximum atomic E-state index is 12.0. The van der Waals surface area contributed by atoms with Crippen LogP contribution in [0.3, 0.4) is 0 Å². The van der Waals surface area contributed by atoms with Crippen LogP contribution in [0.25, 0.3) is 0 Å². The van der Waals surface area contributed by atoms with Crippen LogP contribution in [0.2, 0.25) is 0 Å². The minimum atomic E-state index is -4.87. The largest absolute Gasteiger partial charge is 0.573 e. The highest BCUT2D eigenvalue weighted by atomic mass is 19.4. The summed E-state index contributed by atoms with van der Waals surface area (Å²) in [5, 5.41) is 10.6. The van der Waals surface area contributed by atoms with Crippen molar-refractivity contribution < 1.29 is 22.8 Å². The Morgan fingerprint density at radius 1 is 1.29 bits per heavy atom. The Morgan fingerprint density at radius 3 is 2.29 bits per heavy atom. The predicted molar refractivity (Wildman–Crippen MR) is 53.5 cm³/mol. The number of nitrogens with zero attached hydrogens (tertiary/aromatic N) is 1. The van der Waals surface area contributed by atoms with Crippen molar-refractivity contribution in [1.29, 1.82) is 0 Å². The summed E-state index contributed by atoms with van der Waals surface area (Å²) >= 11 is 0. The average molecular weight is 248 g/mol. The van der Waals surface area contributed by atoms with Crippen LogP contribution in [0.5, 0.6) is 5.75 Å². The highest BCUT2D eigenvalue weighted by Gasteiger charge is 2.32. The lowest BCUT2D eigenvalue weighted by atomic mass is 10.0. The van der Waals surface area contributed by atoms with Gasteiger partial charge in [0.2, 0.25) is 0 Å². The van der Waals surface area contributed by atoms with Crippen LogP contribution in [0, 0.1) is 16.0 Å². The molecule has 1 rings (SSSR count). The number of hydrogen-bond acceptors (Lipinski definition) is 3. The first-order chi connectivity index (χ1) is 7.69. The number of halogens is 3. The van der Waals surface area contributed by atoms with Crippen LogP contribution in [-0.2, 0) is 0 Å². The first-order valence-electron chi connectivity index (χ1n) is 4.55. The number of non-ortho nitro benzene ring substituents is 1. The molecule has 7 heteroatoms. The summed E-state index contributed by atoms with van der Waals surface area (Å²) < 4.78 is 39.7. The summed E-state index contributed by atoms with van der Waals surface area (Å²) in [5.74, 6) is 0.0589. The smallest absolute Gasteiger partial charge is 0.406 e. The first-order valence-corrected chi connectivity index (χ1v) is 4.55. The lowest BCUT2D eigenvalue weighted by Gasteiger charge is -2.11. The van der Waals surface area contributed by atoms with E-state index >= 15 is 0 Å². The molecule has 0 fully saturated rings. The second-order valence-corrected chi connectivity index (χ2v) is 3.52. The predicted octanol–water partition coefficient (Wildman–Crippen LogP) is 3.46. The van der Waals surface area contributed by atoms with Crippen LogP contribution in [0.15, 0.2) is 18.2 Å². The molecule has 0 aliphatic rings. The van der Waals surface area contributed by atoms with E-state index in [1.807, 2.05) is 0 Å². The Hall–Kier alpha value is -1.79. The lowest BCUT2D eigenvalue weighted by molar-refractivity contribution is -0.385. The number of ether oxygens (including phenoxy) is 1. The lowest BCUT2D eigenvalue weighted by Crippen LogP contribution is -2.17. The van der Waals surface area contributed by atoms with Crippen molar-refractivity contribution in [2.75, 3.05) is 0 Å². The van der Waals surface area contributed by atoms with Crippen LogP contribution < -0.4 is 4.74 Å². The van der Waals surface area contributed by atoms with Crippen molar-refractivity contribution in [3.8, 4) is 5.75 Å². The Balaban J connectivity index is 3.17. The molecule has 17 heavy (non-hydrogen) atoms. The zero-order valence-corrected chi connectivity index (χ0v) is 9.04. The average Bonchev–Trinajstić information content (AvgIpc) is 2.14. The van der Waals surface area contributed by atoms with Gasteiger partial charge in [-0.05, 0) is 17.5 Å². The second-order valence-electron chi connectivity index (χ2n) is 3.52. The Morgan fingerprint density at radius 2 is 1.88 bits per heavy atom. The molecule has 0 saturated carbocycles. The molecule has 0 N–H and O–H groups in total. The number of rotatable bonds is 3. The van der Waals surface area contributed by atoms with Gasteiger partial charge in [0.1, 0.15) is 5.75 Å². The second kappa shape index (κ2) is 4.60. The molecule has 1 radical (unpaired) electrons. The van der Waals surface area contributed by atoms with Gasteiger partial charge in [-0.15, -0.1) is 13.2 Å². The maximum Gasteiger partial charge on any atom is 0.573 e. The van der Waals surface area contributed by atoms with Crippen molar-refractivity contribution in [2.24, 2.45) is 0 Å². The van der Waals surface area contributed by atoms with Crippen molar-refractivity contribution in [2.45, 2.75) is 20.2 Å². The Bertz CT molecular complexity index is 429. The molecule has 4 nitrogen and oxygen atoms in total. The summed E-state index contributed by atoms with van der Waals surface area (Å²) in [4.78, 5) is 9.78. The van der Waals surface area contributed by atoms with Crippen LogP contribution in [0.1, 0.15) is 19.4 Å². The molecule has 0 spiro atoms. The first kappa shape index (κ1) is 13.3. The van der Waals surface area contributed by atoms with E-state index < -0.39 is 22.7 Å². The van der Waals surface area contributed by atoms with Gasteiger partial charge in [-0.3, -0.25) is 10.1 Å². The van der Waals surface area contributed by atoms with Crippen molar-refractivity contribution in [3.05, 3.63) is 39.8 Å². The van der Waals surface area contributed by atoms with E-state index in [1.165, 1.54) is 6.07 Å². The third kappa shape index (κ3) is 3.93. The van der Waals surface area contributed by atoms with E-state index in [0.717, 1.165) is 12.1 Å². The molecule has 0 saturated heterocycles. The SMILES string of the molecule is C[C](C)c1cc(OC(F)(F)F)cc([N+](=O)[O-])c1. The van der Waals surface area contributed by atoms with Crippen molar-refractivity contribution >= 4 is 5.69 Å². The fourth-order valence-electron chi connectivity index (χ4n) is 1.17. The van der Waals surface area contributed by atoms with Gasteiger partial charge in [0.25, 0.3) is 5.69 Å². The van der Waals surface area contributed by atoms with Crippen molar-refractivity contribution in [1.82, 2.24) is 0 Å².